The molecule has 2 amide bonds. The molecule has 0 saturated carbocycles. The van der Waals surface area contributed by atoms with Crippen molar-refractivity contribution >= 4 is 11.8 Å². The van der Waals surface area contributed by atoms with Crippen LogP contribution in [0.2, 0.25) is 0 Å². The zero-order chi connectivity index (χ0) is 14.0. The topological polar surface area (TPSA) is 72.6 Å². The van der Waals surface area contributed by atoms with Gasteiger partial charge in [0.1, 0.15) is 5.75 Å². The van der Waals surface area contributed by atoms with Crippen LogP contribution in [0.25, 0.3) is 0 Å². The van der Waals surface area contributed by atoms with Crippen LogP contribution in [0.15, 0.2) is 18.2 Å². The van der Waals surface area contributed by atoms with Gasteiger partial charge in [0.25, 0.3) is 0 Å². The first-order valence-electron chi connectivity index (χ1n) is 6.32. The lowest BCUT2D eigenvalue weighted by atomic mass is 10.1. The van der Waals surface area contributed by atoms with Crippen molar-refractivity contribution in [1.82, 2.24) is 4.90 Å². The molecule has 1 saturated heterocycles. The maximum Gasteiger partial charge on any atom is 0.246 e. The third-order valence-corrected chi connectivity index (χ3v) is 3.35. The first kappa shape index (κ1) is 13.5. The van der Waals surface area contributed by atoms with Gasteiger partial charge in [0.05, 0.1) is 26.1 Å². The number of hydrogen-bond acceptors (Lipinski definition) is 4. The molecule has 1 atom stereocenters. The fraction of sp³-hybridized carbons (Fsp3) is 0.429. The molecule has 0 aliphatic carbocycles. The Kier molecular flexibility index (Phi) is 3.85. The van der Waals surface area contributed by atoms with Crippen LogP contribution >= 0.6 is 0 Å². The SMILES string of the molecule is CCc1cc(CN2C(=O)CC(N)C2=O)ccc1OC. The molecule has 2 rings (SSSR count). The first-order chi connectivity index (χ1) is 9.06. The standard InChI is InChI=1S/C14H18N2O3/c1-3-10-6-9(4-5-12(10)19-2)8-16-13(17)7-11(15)14(16)18/h4-6,11H,3,7-8,15H2,1-2H3. The van der Waals surface area contributed by atoms with Crippen molar-refractivity contribution in [3.8, 4) is 5.75 Å². The van der Waals surface area contributed by atoms with Gasteiger partial charge < -0.3 is 10.5 Å². The van der Waals surface area contributed by atoms with Crippen LogP contribution in [0.5, 0.6) is 5.75 Å². The van der Waals surface area contributed by atoms with Crippen molar-refractivity contribution in [2.75, 3.05) is 7.11 Å². The van der Waals surface area contributed by atoms with Gasteiger partial charge in [-0.2, -0.15) is 0 Å². The summed E-state index contributed by atoms with van der Waals surface area (Å²) in [6.45, 7) is 2.31. The summed E-state index contributed by atoms with van der Waals surface area (Å²) >= 11 is 0. The minimum atomic E-state index is -0.684. The number of benzene rings is 1. The predicted molar refractivity (Wildman–Crippen MR) is 70.5 cm³/mol. The van der Waals surface area contributed by atoms with Gasteiger partial charge in [-0.25, -0.2) is 0 Å². The maximum atomic E-state index is 11.8. The number of imide groups is 1. The van der Waals surface area contributed by atoms with Crippen molar-refractivity contribution < 1.29 is 14.3 Å². The van der Waals surface area contributed by atoms with E-state index in [9.17, 15) is 9.59 Å². The third-order valence-electron chi connectivity index (χ3n) is 3.35. The Labute approximate surface area is 112 Å². The maximum absolute atomic E-state index is 11.8. The highest BCUT2D eigenvalue weighted by atomic mass is 16.5. The van der Waals surface area contributed by atoms with E-state index in [0.29, 0.717) is 0 Å². The number of nitrogens with two attached hydrogens (primary N) is 1. The minimum absolute atomic E-state index is 0.107. The second-order valence-corrected chi connectivity index (χ2v) is 4.63. The third kappa shape index (κ3) is 2.61. The van der Waals surface area contributed by atoms with Gasteiger partial charge in [0.2, 0.25) is 11.8 Å². The molecule has 102 valence electrons. The summed E-state index contributed by atoms with van der Waals surface area (Å²) in [6, 6.07) is 5.00. The van der Waals surface area contributed by atoms with E-state index in [0.717, 1.165) is 23.3 Å². The molecule has 2 N–H and O–H groups in total. The van der Waals surface area contributed by atoms with Crippen LogP contribution in [0.4, 0.5) is 0 Å². The molecule has 0 spiro atoms. The average Bonchev–Trinajstić information content (AvgIpc) is 2.65. The highest BCUT2D eigenvalue weighted by molar-refractivity contribution is 6.05. The van der Waals surface area contributed by atoms with Gasteiger partial charge in [-0.1, -0.05) is 19.1 Å². The minimum Gasteiger partial charge on any atom is -0.496 e. The molecule has 0 radical (unpaired) electrons. The van der Waals surface area contributed by atoms with E-state index >= 15 is 0 Å². The molecule has 1 heterocycles. The summed E-state index contributed by atoms with van der Waals surface area (Å²) in [5.74, 6) is 0.326. The van der Waals surface area contributed by atoms with Crippen LogP contribution in [-0.4, -0.2) is 29.9 Å². The van der Waals surface area contributed by atoms with Gasteiger partial charge >= 0.3 is 0 Å². The summed E-state index contributed by atoms with van der Waals surface area (Å²) in [4.78, 5) is 24.7. The molecule has 5 nitrogen and oxygen atoms in total. The van der Waals surface area contributed by atoms with Gasteiger partial charge in [-0.3, -0.25) is 14.5 Å². The van der Waals surface area contributed by atoms with Crippen LogP contribution in [0.1, 0.15) is 24.5 Å². The summed E-state index contributed by atoms with van der Waals surface area (Å²) in [5, 5.41) is 0. The lowest BCUT2D eigenvalue weighted by molar-refractivity contribution is -0.139. The van der Waals surface area contributed by atoms with Crippen molar-refractivity contribution in [3.63, 3.8) is 0 Å². The number of rotatable bonds is 4. The van der Waals surface area contributed by atoms with E-state index in [-0.39, 0.29) is 24.8 Å². The number of likely N-dealkylation sites (tertiary alicyclic amines) is 1. The Balaban J connectivity index is 2.20. The van der Waals surface area contributed by atoms with E-state index in [1.165, 1.54) is 4.90 Å². The zero-order valence-electron chi connectivity index (χ0n) is 11.2. The van der Waals surface area contributed by atoms with Crippen molar-refractivity contribution in [1.29, 1.82) is 0 Å². The van der Waals surface area contributed by atoms with Crippen LogP contribution in [0, 0.1) is 0 Å². The highest BCUT2D eigenvalue weighted by Crippen LogP contribution is 2.22. The molecular formula is C14H18N2O3. The van der Waals surface area contributed by atoms with E-state index in [1.807, 2.05) is 25.1 Å². The molecule has 1 aromatic rings. The molecule has 5 heteroatoms. The van der Waals surface area contributed by atoms with E-state index in [1.54, 1.807) is 7.11 Å². The first-order valence-corrected chi connectivity index (χ1v) is 6.32. The monoisotopic (exact) mass is 262 g/mol. The van der Waals surface area contributed by atoms with Crippen LogP contribution in [0.3, 0.4) is 0 Å². The quantitative estimate of drug-likeness (QED) is 0.816. The normalized spacial score (nSPS) is 19.1. The molecule has 1 aliphatic rings. The summed E-state index contributed by atoms with van der Waals surface area (Å²) in [7, 11) is 1.63. The number of aryl methyl sites for hydroxylation is 1. The molecular weight excluding hydrogens is 244 g/mol. The number of nitrogens with zero attached hydrogens (tertiary/aromatic N) is 1. The van der Waals surface area contributed by atoms with Crippen LogP contribution in [-0.2, 0) is 22.6 Å². The predicted octanol–water partition coefficient (Wildman–Crippen LogP) is 0.844. The van der Waals surface area contributed by atoms with E-state index in [2.05, 4.69) is 0 Å². The Morgan fingerprint density at radius 3 is 2.68 bits per heavy atom. The zero-order valence-corrected chi connectivity index (χ0v) is 11.2. The van der Waals surface area contributed by atoms with E-state index in [4.69, 9.17) is 10.5 Å². The number of ether oxygens (including phenoxy) is 1. The Bertz CT molecular complexity index is 513. The van der Waals surface area contributed by atoms with Crippen molar-refractivity contribution in [2.45, 2.75) is 32.4 Å². The van der Waals surface area contributed by atoms with Gasteiger partial charge in [0.15, 0.2) is 0 Å². The van der Waals surface area contributed by atoms with Gasteiger partial charge in [-0.05, 0) is 23.6 Å². The fourth-order valence-corrected chi connectivity index (χ4v) is 2.26. The van der Waals surface area contributed by atoms with E-state index < -0.39 is 6.04 Å². The number of carbonyl (C=O) groups is 2. The van der Waals surface area contributed by atoms with Crippen molar-refractivity contribution in [2.24, 2.45) is 5.73 Å². The fourth-order valence-electron chi connectivity index (χ4n) is 2.26. The lowest BCUT2D eigenvalue weighted by Crippen LogP contribution is -2.34. The smallest absolute Gasteiger partial charge is 0.246 e. The molecule has 1 aromatic carbocycles. The molecule has 1 aliphatic heterocycles. The summed E-state index contributed by atoms with van der Waals surface area (Å²) in [5.41, 5.74) is 7.55. The molecule has 19 heavy (non-hydrogen) atoms. The van der Waals surface area contributed by atoms with Crippen molar-refractivity contribution in [3.05, 3.63) is 29.3 Å². The highest BCUT2D eigenvalue weighted by Gasteiger charge is 2.35. The number of hydrogen-bond donors (Lipinski definition) is 1. The van der Waals surface area contributed by atoms with Gasteiger partial charge in [0, 0.05) is 0 Å². The lowest BCUT2D eigenvalue weighted by Gasteiger charge is -2.16. The Morgan fingerprint density at radius 2 is 2.16 bits per heavy atom. The second-order valence-electron chi connectivity index (χ2n) is 4.63. The average molecular weight is 262 g/mol. The van der Waals surface area contributed by atoms with Crippen LogP contribution < -0.4 is 10.5 Å². The number of carbonyl (C=O) groups excluding carboxylic acids is 2. The second kappa shape index (κ2) is 5.40. The Hall–Kier alpha value is -1.88. The summed E-state index contributed by atoms with van der Waals surface area (Å²) in [6.07, 6.45) is 0.939. The molecule has 0 bridgehead atoms. The largest absolute Gasteiger partial charge is 0.496 e. The number of methoxy groups -OCH3 is 1. The molecule has 1 fully saturated rings. The molecule has 0 aromatic heterocycles. The number of amides is 2. The Morgan fingerprint density at radius 1 is 1.42 bits per heavy atom. The summed E-state index contributed by atoms with van der Waals surface area (Å²) < 4.78 is 5.25. The molecule has 1 unspecified atom stereocenters. The van der Waals surface area contributed by atoms with Gasteiger partial charge in [-0.15, -0.1) is 0 Å².